The molecule has 0 saturated heterocycles. The number of aliphatic hydroxyl groups excluding tert-OH is 2. The van der Waals surface area contributed by atoms with Crippen molar-refractivity contribution in [2.45, 2.75) is 174 Å². The summed E-state index contributed by atoms with van der Waals surface area (Å²) in [5, 5.41) is 51.0. The Morgan fingerprint density at radius 1 is 0.482 bits per heavy atom. The number of carbonyl (C=O) groups is 14. The van der Waals surface area contributed by atoms with E-state index >= 15 is 0 Å². The minimum Gasteiger partial charge on any atom is -0.481 e. The average molecular weight is 1210 g/mol. The largest absolute Gasteiger partial charge is 0.481 e. The van der Waals surface area contributed by atoms with Crippen molar-refractivity contribution in [3.63, 3.8) is 0 Å². The third-order valence-electron chi connectivity index (χ3n) is 13.5. The summed E-state index contributed by atoms with van der Waals surface area (Å²) < 4.78 is 0. The van der Waals surface area contributed by atoms with Gasteiger partial charge in [0.15, 0.2) is 35.1 Å². The number of hydrogen-bond acceptors (Lipinski definition) is 19. The Labute approximate surface area is 492 Å². The van der Waals surface area contributed by atoms with Crippen LogP contribution in [0.3, 0.4) is 0 Å². The first-order valence-electron chi connectivity index (χ1n) is 27.9. The highest BCUT2D eigenvalue weighted by Crippen LogP contribution is 2.23. The van der Waals surface area contributed by atoms with Gasteiger partial charge in [0.05, 0.1) is 49.6 Å². The number of aliphatic imine (C=N–C) groups is 2. The third-order valence-corrected chi connectivity index (χ3v) is 13.5. The molecule has 0 saturated carbocycles. The van der Waals surface area contributed by atoms with Gasteiger partial charge in [-0.05, 0) is 64.8 Å². The molecule has 11 atom stereocenters. The fourth-order valence-corrected chi connectivity index (χ4v) is 8.65. The van der Waals surface area contributed by atoms with E-state index in [4.69, 9.17) is 45.2 Å². The number of rotatable bonds is 47. The Kier molecular flexibility index (Phi) is 36.5. The molecule has 0 bridgehead atoms. The Morgan fingerprint density at radius 2 is 1.02 bits per heavy atom. The number of nitrogens with one attached hydrogen (secondary N) is 5. The molecule has 0 aromatic rings. The first-order valence-corrected chi connectivity index (χ1v) is 27.9. The molecular weight excluding hydrogens is 1120 g/mol. The molecular formula is C53H90N14O18. The zero-order valence-corrected chi connectivity index (χ0v) is 49.0. The molecule has 23 N–H and O–H groups in total. The van der Waals surface area contributed by atoms with Crippen molar-refractivity contribution in [3.8, 4) is 0 Å². The van der Waals surface area contributed by atoms with Crippen LogP contribution in [0.2, 0.25) is 0 Å². The highest BCUT2D eigenvalue weighted by atomic mass is 16.4. The fraction of sp³-hybridized carbons (Fsp3) is 0.698. The molecule has 0 fully saturated rings. The molecule has 0 radical (unpaired) electrons. The van der Waals surface area contributed by atoms with E-state index in [0.717, 1.165) is 6.92 Å². The molecule has 32 heteroatoms. The number of nitrogens with two attached hydrogens (primary N) is 7. The molecule has 0 unspecified atom stereocenters. The van der Waals surface area contributed by atoms with Gasteiger partial charge < -0.3 is 87.1 Å². The summed E-state index contributed by atoms with van der Waals surface area (Å²) in [4.78, 5) is 190. The molecule has 0 spiro atoms. The number of guanidine groups is 2. The van der Waals surface area contributed by atoms with E-state index in [2.05, 4.69) is 31.3 Å². The fourth-order valence-electron chi connectivity index (χ4n) is 8.65. The summed E-state index contributed by atoms with van der Waals surface area (Å²) in [7, 11) is 0. The molecule has 0 aliphatic rings. The van der Waals surface area contributed by atoms with E-state index in [1.807, 2.05) is 19.2 Å². The van der Waals surface area contributed by atoms with Crippen LogP contribution in [0.5, 0.6) is 0 Å². The quantitative estimate of drug-likeness (QED) is 0.0155. The number of primary amides is 2. The van der Waals surface area contributed by atoms with Crippen LogP contribution >= 0.6 is 0 Å². The number of carbonyl (C=O) groups excluding carboxylic acids is 12. The van der Waals surface area contributed by atoms with Crippen LogP contribution in [0.25, 0.3) is 0 Å². The molecule has 32 nitrogen and oxygen atoms in total. The van der Waals surface area contributed by atoms with Crippen molar-refractivity contribution in [2.75, 3.05) is 26.2 Å². The number of ketones is 5. The summed E-state index contributed by atoms with van der Waals surface area (Å²) in [6.45, 7) is 6.68. The van der Waals surface area contributed by atoms with Crippen molar-refractivity contribution < 1.29 is 87.5 Å². The highest BCUT2D eigenvalue weighted by molar-refractivity contribution is 5.99. The van der Waals surface area contributed by atoms with Crippen LogP contribution in [-0.2, 0) is 67.1 Å². The predicted molar refractivity (Wildman–Crippen MR) is 305 cm³/mol. The van der Waals surface area contributed by atoms with Crippen molar-refractivity contribution in [1.29, 1.82) is 0 Å². The van der Waals surface area contributed by atoms with E-state index in [1.54, 1.807) is 6.92 Å². The monoisotopic (exact) mass is 1210 g/mol. The van der Waals surface area contributed by atoms with Crippen molar-refractivity contribution in [1.82, 2.24) is 26.6 Å². The van der Waals surface area contributed by atoms with E-state index in [1.165, 1.54) is 6.92 Å². The van der Waals surface area contributed by atoms with Crippen LogP contribution in [0.1, 0.15) is 137 Å². The summed E-state index contributed by atoms with van der Waals surface area (Å²) in [6.07, 6.45) is -5.92. The minimum atomic E-state index is -1.84. The second kappa shape index (κ2) is 40.3. The lowest BCUT2D eigenvalue weighted by Gasteiger charge is -2.27. The second-order valence-corrected chi connectivity index (χ2v) is 21.5. The van der Waals surface area contributed by atoms with Crippen molar-refractivity contribution >= 4 is 94.1 Å². The molecule has 0 aromatic heterocycles. The number of carboxylic acids is 2. The summed E-state index contributed by atoms with van der Waals surface area (Å²) in [5.41, 5.74) is 37.9. The third kappa shape index (κ3) is 32.6. The molecule has 480 valence electrons. The van der Waals surface area contributed by atoms with E-state index < -0.39 is 213 Å². The number of aliphatic carboxylic acids is 2. The number of amides is 7. The smallest absolute Gasteiger partial charge is 0.305 e. The summed E-state index contributed by atoms with van der Waals surface area (Å²) in [6, 6.07) is -7.82. The molecule has 0 aliphatic heterocycles. The number of nitrogens with zero attached hydrogens (tertiary/aromatic N) is 2. The second-order valence-electron chi connectivity index (χ2n) is 21.5. The molecule has 7 amide bonds. The van der Waals surface area contributed by atoms with Gasteiger partial charge in [0.2, 0.25) is 41.4 Å². The lowest BCUT2D eigenvalue weighted by Crippen LogP contribution is -2.52. The van der Waals surface area contributed by atoms with Crippen LogP contribution in [-0.4, -0.2) is 177 Å². The van der Waals surface area contributed by atoms with Gasteiger partial charge in [-0.1, -0.05) is 27.2 Å². The topological polar surface area (TPSA) is 587 Å². The van der Waals surface area contributed by atoms with Crippen LogP contribution in [0.4, 0.5) is 0 Å². The van der Waals surface area contributed by atoms with Gasteiger partial charge in [0.25, 0.3) is 0 Å². The maximum absolute atomic E-state index is 14.2. The number of aliphatic hydroxyl groups is 2. The lowest BCUT2D eigenvalue weighted by molar-refractivity contribution is -0.141. The number of unbranched alkanes of at least 4 members (excludes halogenated alkanes) is 1. The van der Waals surface area contributed by atoms with Crippen molar-refractivity contribution in [2.24, 2.45) is 85.6 Å². The minimum absolute atomic E-state index is 0.0290. The SMILES string of the molecule is CC(C)C[C@H](CC(=O)[C@@H](C)CCCCN)C(=O)N[C@@H](CCCN=C(N)N)C(=O)C[C@@H](CCC(=O)O)C(=O)N[C@H](C(=O)C[C@@H](CC(N)=O)C(=O)N[C@@H](C)C(=O)CCC(=O)N[C@@H](CN=C(N)N)C(=O)C[C@@H](CO)C(=O)N[C@@H](CC(=O)O)C(N)=O)[C@@H](C)O. The first kappa shape index (κ1) is 77.0. The van der Waals surface area contributed by atoms with E-state index in [9.17, 15) is 82.4 Å². The number of Topliss-reactive ketones (excluding diaryl/α,β-unsaturated/α-hetero) is 5. The van der Waals surface area contributed by atoms with Crippen LogP contribution < -0.4 is 66.7 Å². The van der Waals surface area contributed by atoms with Gasteiger partial charge in [0.1, 0.15) is 23.9 Å². The Balaban J connectivity index is 6.41. The molecule has 85 heavy (non-hydrogen) atoms. The Hall–Kier alpha value is -8.00. The normalized spacial score (nSPS) is 15.0. The predicted octanol–water partition coefficient (Wildman–Crippen LogP) is -4.71. The maximum Gasteiger partial charge on any atom is 0.305 e. The molecule has 0 rings (SSSR count). The number of carboxylic acid groups (broad SMARTS) is 2. The summed E-state index contributed by atoms with van der Waals surface area (Å²) >= 11 is 0. The van der Waals surface area contributed by atoms with E-state index in [-0.39, 0.29) is 55.8 Å². The summed E-state index contributed by atoms with van der Waals surface area (Å²) in [5.74, 6) is -20.4. The van der Waals surface area contributed by atoms with Gasteiger partial charge in [-0.25, -0.2) is 0 Å². The number of hydrogen-bond donors (Lipinski definition) is 16. The first-order chi connectivity index (χ1) is 39.6. The standard InChI is InChI=1S/C53H90N14O18/c1-26(2)17-31(19-38(71)27(3)9-6-7-15-54)50(84)65-34(10-8-16-61-52(57)58)39(72)18-30(11-14-44(77)78)48(82)67-46(29(5)69)41(74)20-32(22-42(55)75)49(83)63-28(4)37(70)12-13-43(76)64-36(24-62-53(59)60)40(73)21-33(25-68)51(85)66-35(47(56)81)23-45(79)80/h26-36,46,68-69H,6-25,54H2,1-5H3,(H2,55,75)(H2,56,81)(H,63,83)(H,64,76)(H,65,84)(H,66,85)(H,67,82)(H,77,78)(H,79,80)(H4,57,58,61)(H4,59,60,62)/t27-,28-,29+,30+,31+,32-,33-,34-,35-,36-,46-/m0/s1. The Morgan fingerprint density at radius 3 is 1.55 bits per heavy atom. The highest BCUT2D eigenvalue weighted by Gasteiger charge is 2.37. The lowest BCUT2D eigenvalue weighted by atomic mass is 9.86. The van der Waals surface area contributed by atoms with Crippen LogP contribution in [0.15, 0.2) is 9.98 Å². The van der Waals surface area contributed by atoms with Gasteiger partial charge in [-0.2, -0.15) is 0 Å². The Bertz CT molecular complexity index is 2390. The zero-order chi connectivity index (χ0) is 65.3. The van der Waals surface area contributed by atoms with Gasteiger partial charge in [0, 0.05) is 75.7 Å². The van der Waals surface area contributed by atoms with Crippen molar-refractivity contribution in [3.05, 3.63) is 0 Å². The average Bonchev–Trinajstić information content (AvgIpc) is 3.48. The molecule has 0 aromatic carbocycles. The van der Waals surface area contributed by atoms with Gasteiger partial charge in [-0.15, -0.1) is 0 Å². The van der Waals surface area contributed by atoms with Crippen LogP contribution in [0, 0.1) is 35.5 Å². The van der Waals surface area contributed by atoms with E-state index in [0.29, 0.717) is 25.8 Å². The maximum atomic E-state index is 14.2. The van der Waals surface area contributed by atoms with Gasteiger partial charge in [-0.3, -0.25) is 77.1 Å². The van der Waals surface area contributed by atoms with Gasteiger partial charge >= 0.3 is 11.9 Å². The zero-order valence-electron chi connectivity index (χ0n) is 49.0. The molecule has 0 heterocycles. The molecule has 0 aliphatic carbocycles.